The summed E-state index contributed by atoms with van der Waals surface area (Å²) in [5, 5.41) is 12.5. The number of hydrogen-bond donors (Lipinski definition) is 1. The molecular formula is C21H27N5O4S. The third-order valence-electron chi connectivity index (χ3n) is 5.65. The van der Waals surface area contributed by atoms with Gasteiger partial charge in [-0.25, -0.2) is 4.99 Å². The summed E-state index contributed by atoms with van der Waals surface area (Å²) in [6.45, 7) is 5.38. The van der Waals surface area contributed by atoms with Crippen molar-refractivity contribution in [2.24, 2.45) is 9.98 Å². The molecule has 0 aliphatic carbocycles. The van der Waals surface area contributed by atoms with Gasteiger partial charge in [0.05, 0.1) is 32.7 Å². The van der Waals surface area contributed by atoms with Gasteiger partial charge in [-0.05, 0) is 17.5 Å². The van der Waals surface area contributed by atoms with E-state index < -0.39 is 6.10 Å². The number of aliphatic hydroxyl groups is 1. The summed E-state index contributed by atoms with van der Waals surface area (Å²) in [6, 6.07) is 3.86. The molecule has 10 heteroatoms. The number of fused-ring (bicyclic) bond motifs is 3. The molecule has 4 aliphatic rings. The molecule has 0 aromatic heterocycles. The van der Waals surface area contributed by atoms with E-state index in [1.54, 1.807) is 18.9 Å². The van der Waals surface area contributed by atoms with Gasteiger partial charge in [0.2, 0.25) is 5.96 Å². The van der Waals surface area contributed by atoms with Crippen molar-refractivity contribution in [1.82, 2.24) is 14.7 Å². The van der Waals surface area contributed by atoms with Crippen LogP contribution < -0.4 is 9.47 Å². The lowest BCUT2D eigenvalue weighted by atomic mass is 10.1. The highest BCUT2D eigenvalue weighted by Gasteiger charge is 2.35. The zero-order chi connectivity index (χ0) is 21.2. The first-order valence-corrected chi connectivity index (χ1v) is 11.6. The van der Waals surface area contributed by atoms with Crippen molar-refractivity contribution in [3.63, 3.8) is 0 Å². The van der Waals surface area contributed by atoms with Crippen LogP contribution in [0.4, 0.5) is 5.69 Å². The summed E-state index contributed by atoms with van der Waals surface area (Å²) in [5.41, 5.74) is 1.66. The lowest BCUT2D eigenvalue weighted by Crippen LogP contribution is -2.45. The van der Waals surface area contributed by atoms with Crippen LogP contribution in [0.1, 0.15) is 5.56 Å². The number of aliphatic imine (C=N–C) groups is 2. The molecule has 5 rings (SSSR count). The molecule has 0 saturated carbocycles. The predicted octanol–water partition coefficient (Wildman–Crippen LogP) is 1.31. The molecule has 0 bridgehead atoms. The van der Waals surface area contributed by atoms with E-state index in [-0.39, 0.29) is 6.61 Å². The van der Waals surface area contributed by atoms with Gasteiger partial charge in [0.25, 0.3) is 0 Å². The Hall–Kier alpha value is -2.27. The van der Waals surface area contributed by atoms with E-state index in [0.29, 0.717) is 31.3 Å². The fraction of sp³-hybridized carbons (Fsp3) is 0.524. The Morgan fingerprint density at radius 3 is 2.90 bits per heavy atom. The van der Waals surface area contributed by atoms with Gasteiger partial charge in [-0.15, -0.1) is 11.8 Å². The number of β-amino-alcohol motifs (C(OH)–C–C–N with tert-alkyl or cyclic N) is 1. The Morgan fingerprint density at radius 2 is 2.13 bits per heavy atom. The molecule has 1 saturated heterocycles. The molecule has 0 spiro atoms. The first kappa shape index (κ1) is 20.6. The van der Waals surface area contributed by atoms with Gasteiger partial charge in [-0.1, -0.05) is 0 Å². The number of benzene rings is 1. The van der Waals surface area contributed by atoms with Crippen LogP contribution in [0.15, 0.2) is 33.7 Å². The van der Waals surface area contributed by atoms with Crippen LogP contribution in [0, 0.1) is 0 Å². The fourth-order valence-electron chi connectivity index (χ4n) is 4.13. The Labute approximate surface area is 186 Å². The van der Waals surface area contributed by atoms with Gasteiger partial charge < -0.3 is 24.2 Å². The maximum absolute atomic E-state index is 10.5. The van der Waals surface area contributed by atoms with Gasteiger partial charge >= 0.3 is 0 Å². The first-order chi connectivity index (χ1) is 15.2. The second-order valence-corrected chi connectivity index (χ2v) is 8.55. The Balaban J connectivity index is 1.37. The van der Waals surface area contributed by atoms with Crippen molar-refractivity contribution in [2.45, 2.75) is 6.10 Å². The van der Waals surface area contributed by atoms with Crippen molar-refractivity contribution in [3.8, 4) is 11.5 Å². The van der Waals surface area contributed by atoms with Crippen molar-refractivity contribution in [3.05, 3.63) is 29.3 Å². The molecule has 1 aromatic carbocycles. The van der Waals surface area contributed by atoms with E-state index >= 15 is 0 Å². The average Bonchev–Trinajstić information content (AvgIpc) is 3.50. The van der Waals surface area contributed by atoms with Crippen LogP contribution in [0.2, 0.25) is 0 Å². The number of rotatable bonds is 6. The minimum atomic E-state index is -0.598. The van der Waals surface area contributed by atoms with E-state index in [0.717, 1.165) is 55.1 Å². The number of nitrogens with zero attached hydrogens (tertiary/aromatic N) is 5. The van der Waals surface area contributed by atoms with E-state index in [1.807, 2.05) is 18.3 Å². The summed E-state index contributed by atoms with van der Waals surface area (Å²) in [4.78, 5) is 16.1. The molecule has 0 radical (unpaired) electrons. The summed E-state index contributed by atoms with van der Waals surface area (Å²) in [6.07, 6.45) is 1.44. The predicted molar refractivity (Wildman–Crippen MR) is 120 cm³/mol. The van der Waals surface area contributed by atoms with Crippen molar-refractivity contribution in [1.29, 1.82) is 0 Å². The summed E-state index contributed by atoms with van der Waals surface area (Å²) in [7, 11) is 1.62. The zero-order valence-electron chi connectivity index (χ0n) is 17.6. The smallest absolute Gasteiger partial charge is 0.212 e. The molecule has 4 heterocycles. The zero-order valence-corrected chi connectivity index (χ0v) is 18.4. The molecule has 9 nitrogen and oxygen atoms in total. The third kappa shape index (κ3) is 4.12. The van der Waals surface area contributed by atoms with Gasteiger partial charge in [0, 0.05) is 37.9 Å². The number of morpholine rings is 1. The number of ether oxygens (including phenoxy) is 3. The van der Waals surface area contributed by atoms with Crippen LogP contribution in [0.25, 0.3) is 0 Å². The van der Waals surface area contributed by atoms with Crippen LogP contribution in [-0.2, 0) is 4.74 Å². The molecule has 1 N–H and O–H groups in total. The minimum absolute atomic E-state index is 0.182. The van der Waals surface area contributed by atoms with E-state index in [2.05, 4.69) is 20.1 Å². The second kappa shape index (κ2) is 9.07. The van der Waals surface area contributed by atoms with Crippen molar-refractivity contribution >= 4 is 29.2 Å². The maximum atomic E-state index is 10.5. The molecule has 1 aromatic rings. The normalized spacial score (nSPS) is 21.5. The third-order valence-corrected chi connectivity index (χ3v) is 6.39. The van der Waals surface area contributed by atoms with Gasteiger partial charge in [0.15, 0.2) is 11.5 Å². The van der Waals surface area contributed by atoms with Gasteiger partial charge in [-0.2, -0.15) is 0 Å². The SMILES string of the molecule is COc1c(OC[C@H](O)CN2CCOCC2)ccc2c1N=C(N1C=CSC1)N1CCN=C21. The number of guanidine groups is 1. The van der Waals surface area contributed by atoms with Crippen molar-refractivity contribution in [2.75, 3.05) is 65.5 Å². The van der Waals surface area contributed by atoms with Crippen LogP contribution >= 0.6 is 11.8 Å². The summed E-state index contributed by atoms with van der Waals surface area (Å²) < 4.78 is 17.1. The molecule has 1 atom stereocenters. The van der Waals surface area contributed by atoms with Crippen LogP contribution in [0.5, 0.6) is 11.5 Å². The molecule has 31 heavy (non-hydrogen) atoms. The van der Waals surface area contributed by atoms with E-state index in [9.17, 15) is 5.11 Å². The highest BCUT2D eigenvalue weighted by Crippen LogP contribution is 2.44. The monoisotopic (exact) mass is 445 g/mol. The number of thioether (sulfide) groups is 1. The van der Waals surface area contributed by atoms with Crippen LogP contribution in [-0.4, -0.2) is 103 Å². The molecule has 1 fully saturated rings. The number of aliphatic hydroxyl groups excluding tert-OH is 1. The van der Waals surface area contributed by atoms with E-state index in [4.69, 9.17) is 24.2 Å². The Morgan fingerprint density at radius 1 is 1.26 bits per heavy atom. The molecule has 166 valence electrons. The van der Waals surface area contributed by atoms with E-state index in [1.165, 1.54) is 0 Å². The second-order valence-electron chi connectivity index (χ2n) is 7.69. The number of methoxy groups -OCH3 is 1. The Bertz CT molecular complexity index is 915. The lowest BCUT2D eigenvalue weighted by molar-refractivity contribution is 0.00446. The summed E-state index contributed by atoms with van der Waals surface area (Å²) >= 11 is 1.73. The Kier molecular flexibility index (Phi) is 6.04. The average molecular weight is 446 g/mol. The lowest BCUT2D eigenvalue weighted by Gasteiger charge is -2.32. The van der Waals surface area contributed by atoms with Gasteiger partial charge in [0.1, 0.15) is 24.2 Å². The largest absolute Gasteiger partial charge is 0.491 e. The van der Waals surface area contributed by atoms with Crippen LogP contribution in [0.3, 0.4) is 0 Å². The fourth-order valence-corrected chi connectivity index (χ4v) is 4.82. The minimum Gasteiger partial charge on any atom is -0.491 e. The molecular weight excluding hydrogens is 418 g/mol. The topological polar surface area (TPSA) is 82.4 Å². The van der Waals surface area contributed by atoms with Crippen molar-refractivity contribution < 1.29 is 19.3 Å². The quantitative estimate of drug-likeness (QED) is 0.702. The highest BCUT2D eigenvalue weighted by atomic mass is 32.2. The highest BCUT2D eigenvalue weighted by molar-refractivity contribution is 8.02. The molecule has 4 aliphatic heterocycles. The summed E-state index contributed by atoms with van der Waals surface area (Å²) in [5.74, 6) is 3.74. The van der Waals surface area contributed by atoms with Gasteiger partial charge in [-0.3, -0.25) is 14.8 Å². The molecule has 0 amide bonds. The maximum Gasteiger partial charge on any atom is 0.212 e. The first-order valence-electron chi connectivity index (χ1n) is 10.5. The number of hydrogen-bond acceptors (Lipinski definition) is 10. The number of amidine groups is 1. The molecule has 0 unspecified atom stereocenters. The standard InChI is InChI=1S/C21H27N5O4S/c1-28-19-17(30-13-15(27)12-24-6-9-29-10-7-24)3-2-16-18(19)23-21(25-8-11-31-14-25)26-5-4-22-20(16)26/h2-3,8,11,15,27H,4-7,9-10,12-14H2,1H3/t15-/m1/s1.